The van der Waals surface area contributed by atoms with E-state index in [2.05, 4.69) is 24.4 Å². The number of benzene rings is 1. The van der Waals surface area contributed by atoms with Gasteiger partial charge in [-0.15, -0.1) is 11.3 Å². The summed E-state index contributed by atoms with van der Waals surface area (Å²) in [7, 11) is 0. The van der Waals surface area contributed by atoms with Gasteiger partial charge in [-0.25, -0.2) is 0 Å². The molecule has 0 saturated carbocycles. The first-order valence-corrected chi connectivity index (χ1v) is 7.39. The van der Waals surface area contributed by atoms with E-state index in [-0.39, 0.29) is 0 Å². The van der Waals surface area contributed by atoms with Gasteiger partial charge >= 0.3 is 0 Å². The highest BCUT2D eigenvalue weighted by molar-refractivity contribution is 7.99. The van der Waals surface area contributed by atoms with Gasteiger partial charge in [-0.1, -0.05) is 25.1 Å². The minimum Gasteiger partial charge on any atom is -0.298 e. The minimum atomic E-state index is 0.329. The van der Waals surface area contributed by atoms with Gasteiger partial charge in [0.25, 0.3) is 0 Å². The van der Waals surface area contributed by atoms with Gasteiger partial charge in [0.1, 0.15) is 5.78 Å². The number of rotatable bonds is 5. The second kappa shape index (κ2) is 5.51. The summed E-state index contributed by atoms with van der Waals surface area (Å²) in [6, 6.07) is 8.28. The lowest BCUT2D eigenvalue weighted by Gasteiger charge is -1.99. The van der Waals surface area contributed by atoms with Crippen LogP contribution in [0.3, 0.4) is 0 Å². The normalized spacial score (nSPS) is 10.8. The molecule has 1 nitrogen and oxygen atoms in total. The van der Waals surface area contributed by atoms with Crippen molar-refractivity contribution in [3.05, 3.63) is 35.2 Å². The van der Waals surface area contributed by atoms with Crippen molar-refractivity contribution in [3.63, 3.8) is 0 Å². The van der Waals surface area contributed by atoms with Crippen LogP contribution in [-0.2, 0) is 11.2 Å². The maximum absolute atomic E-state index is 11.7. The Kier molecular flexibility index (Phi) is 4.02. The van der Waals surface area contributed by atoms with Crippen LogP contribution in [0.5, 0.6) is 0 Å². The topological polar surface area (TPSA) is 17.1 Å². The average Bonchev–Trinajstić information content (AvgIpc) is 2.70. The van der Waals surface area contributed by atoms with Gasteiger partial charge < -0.3 is 0 Å². The molecule has 0 spiro atoms. The summed E-state index contributed by atoms with van der Waals surface area (Å²) in [6.45, 7) is 2.08. The SMILES string of the molecule is CCSCC(=O)Cc1csc2ccccc12. The van der Waals surface area contributed by atoms with Gasteiger partial charge in [0.2, 0.25) is 0 Å². The van der Waals surface area contributed by atoms with E-state index >= 15 is 0 Å². The zero-order chi connectivity index (χ0) is 11.4. The maximum Gasteiger partial charge on any atom is 0.147 e. The molecule has 3 heteroatoms. The molecular formula is C13H14OS2. The second-order valence-corrected chi connectivity index (χ2v) is 5.80. The summed E-state index contributed by atoms with van der Waals surface area (Å²) in [5.74, 6) is 1.98. The number of thioether (sulfide) groups is 1. The predicted octanol–water partition coefficient (Wildman–Crippen LogP) is 3.77. The quantitative estimate of drug-likeness (QED) is 0.803. The van der Waals surface area contributed by atoms with Gasteiger partial charge in [0.05, 0.1) is 5.75 Å². The van der Waals surface area contributed by atoms with Crippen LogP contribution in [0, 0.1) is 0 Å². The van der Waals surface area contributed by atoms with Crippen LogP contribution < -0.4 is 0 Å². The summed E-state index contributed by atoms with van der Waals surface area (Å²) in [5, 5.41) is 3.35. The third kappa shape index (κ3) is 2.66. The monoisotopic (exact) mass is 250 g/mol. The van der Waals surface area contributed by atoms with E-state index in [4.69, 9.17) is 0 Å². The Balaban J connectivity index is 2.12. The molecule has 0 bridgehead atoms. The fourth-order valence-electron chi connectivity index (χ4n) is 1.65. The Bertz CT molecular complexity index is 487. The Morgan fingerprint density at radius 3 is 3.00 bits per heavy atom. The number of hydrogen-bond acceptors (Lipinski definition) is 3. The van der Waals surface area contributed by atoms with Crippen LogP contribution in [0.2, 0.25) is 0 Å². The van der Waals surface area contributed by atoms with Crippen molar-refractivity contribution in [1.29, 1.82) is 0 Å². The van der Waals surface area contributed by atoms with Crippen molar-refractivity contribution in [2.75, 3.05) is 11.5 Å². The summed E-state index contributed by atoms with van der Waals surface area (Å²) < 4.78 is 1.27. The zero-order valence-corrected chi connectivity index (χ0v) is 10.9. The van der Waals surface area contributed by atoms with Crippen LogP contribution in [0.15, 0.2) is 29.6 Å². The number of ketones is 1. The van der Waals surface area contributed by atoms with Gasteiger partial charge in [0, 0.05) is 11.1 Å². The molecule has 0 aliphatic carbocycles. The molecule has 0 atom stereocenters. The van der Waals surface area contributed by atoms with Gasteiger partial charge in [-0.05, 0) is 28.1 Å². The number of carbonyl (C=O) groups excluding carboxylic acids is 1. The summed E-state index contributed by atoms with van der Waals surface area (Å²) >= 11 is 3.42. The minimum absolute atomic E-state index is 0.329. The van der Waals surface area contributed by atoms with Gasteiger partial charge in [-0.3, -0.25) is 4.79 Å². The molecule has 84 valence electrons. The molecule has 0 aliphatic rings. The van der Waals surface area contributed by atoms with Crippen molar-refractivity contribution in [1.82, 2.24) is 0 Å². The maximum atomic E-state index is 11.7. The fraction of sp³-hybridized carbons (Fsp3) is 0.308. The van der Waals surface area contributed by atoms with E-state index in [1.165, 1.54) is 15.6 Å². The van der Waals surface area contributed by atoms with E-state index < -0.39 is 0 Å². The van der Waals surface area contributed by atoms with Crippen molar-refractivity contribution in [2.24, 2.45) is 0 Å². The largest absolute Gasteiger partial charge is 0.298 e. The molecule has 16 heavy (non-hydrogen) atoms. The number of thiophene rings is 1. The highest BCUT2D eigenvalue weighted by Crippen LogP contribution is 2.26. The Hall–Kier alpha value is -0.800. The lowest BCUT2D eigenvalue weighted by Crippen LogP contribution is -2.05. The van der Waals surface area contributed by atoms with Crippen LogP contribution in [0.4, 0.5) is 0 Å². The first kappa shape index (κ1) is 11.7. The lowest BCUT2D eigenvalue weighted by molar-refractivity contribution is -0.115. The molecule has 1 aromatic carbocycles. The number of hydrogen-bond donors (Lipinski definition) is 0. The van der Waals surface area contributed by atoms with Crippen molar-refractivity contribution < 1.29 is 4.79 Å². The van der Waals surface area contributed by atoms with Crippen LogP contribution in [0.25, 0.3) is 10.1 Å². The molecule has 0 amide bonds. The van der Waals surface area contributed by atoms with Crippen LogP contribution in [0.1, 0.15) is 12.5 Å². The van der Waals surface area contributed by atoms with Crippen LogP contribution >= 0.6 is 23.1 Å². The molecule has 0 unspecified atom stereocenters. The first-order valence-electron chi connectivity index (χ1n) is 5.36. The van der Waals surface area contributed by atoms with Crippen molar-refractivity contribution >= 4 is 39.0 Å². The van der Waals surface area contributed by atoms with Gasteiger partial charge in [0.15, 0.2) is 0 Å². The summed E-state index contributed by atoms with van der Waals surface area (Å²) in [6.07, 6.45) is 0.580. The highest BCUT2D eigenvalue weighted by Gasteiger charge is 2.08. The zero-order valence-electron chi connectivity index (χ0n) is 9.23. The Morgan fingerprint density at radius 2 is 2.19 bits per heavy atom. The highest BCUT2D eigenvalue weighted by atomic mass is 32.2. The van der Waals surface area contributed by atoms with Crippen molar-refractivity contribution in [2.45, 2.75) is 13.3 Å². The standard InChI is InChI=1S/C13H14OS2/c1-2-15-9-11(14)7-10-8-16-13-6-4-3-5-12(10)13/h3-6,8H,2,7,9H2,1H3. The molecule has 0 N–H and O–H groups in total. The molecule has 0 fully saturated rings. The lowest BCUT2D eigenvalue weighted by atomic mass is 10.1. The second-order valence-electron chi connectivity index (χ2n) is 3.61. The number of Topliss-reactive ketones (excluding diaryl/α,β-unsaturated/α-hetero) is 1. The number of carbonyl (C=O) groups is 1. The molecule has 2 rings (SSSR count). The van der Waals surface area contributed by atoms with E-state index in [0.717, 1.165) is 5.75 Å². The van der Waals surface area contributed by atoms with Crippen molar-refractivity contribution in [3.8, 4) is 0 Å². The average molecular weight is 250 g/mol. The molecule has 1 heterocycles. The Labute approximate surface area is 104 Å². The predicted molar refractivity (Wildman–Crippen MR) is 73.5 cm³/mol. The Morgan fingerprint density at radius 1 is 1.38 bits per heavy atom. The van der Waals surface area contributed by atoms with Gasteiger partial charge in [-0.2, -0.15) is 11.8 Å². The smallest absolute Gasteiger partial charge is 0.147 e. The third-order valence-corrected chi connectivity index (χ3v) is 4.36. The first-order chi connectivity index (χ1) is 7.81. The molecule has 0 radical (unpaired) electrons. The number of fused-ring (bicyclic) bond motifs is 1. The molecule has 2 aromatic rings. The van der Waals surface area contributed by atoms with E-state index in [1.807, 2.05) is 12.1 Å². The summed E-state index contributed by atoms with van der Waals surface area (Å²) in [4.78, 5) is 11.7. The third-order valence-electron chi connectivity index (χ3n) is 2.42. The van der Waals surface area contributed by atoms with E-state index in [1.54, 1.807) is 23.1 Å². The molecule has 0 saturated heterocycles. The fourth-order valence-corrected chi connectivity index (χ4v) is 3.15. The molecule has 1 aromatic heterocycles. The van der Waals surface area contributed by atoms with E-state index in [9.17, 15) is 4.79 Å². The molecule has 0 aliphatic heterocycles. The molecular weight excluding hydrogens is 236 g/mol. The van der Waals surface area contributed by atoms with E-state index in [0.29, 0.717) is 18.0 Å². The van der Waals surface area contributed by atoms with Crippen LogP contribution in [-0.4, -0.2) is 17.3 Å². The summed E-state index contributed by atoms with van der Waals surface area (Å²) in [5.41, 5.74) is 1.18.